The van der Waals surface area contributed by atoms with Crippen LogP contribution in [0.2, 0.25) is 0 Å². The van der Waals surface area contributed by atoms with Crippen LogP contribution in [0.3, 0.4) is 0 Å². The molecular weight excluding hydrogens is 454 g/mol. The minimum absolute atomic E-state index is 0.0376. The smallest absolute Gasteiger partial charge is 0.267 e. The topological polar surface area (TPSA) is 97.6 Å². The number of anilines is 2. The quantitative estimate of drug-likeness (QED) is 0.429. The molecule has 1 amide bonds. The SMILES string of the molecule is CCn1cc2ncc(N[C@@H](C)c3cccc(NC(=O)c4cnc(Br)s4)c3)nc2n1. The Hall–Kier alpha value is -2.85. The highest BCUT2D eigenvalue weighted by atomic mass is 79.9. The van der Waals surface area contributed by atoms with Gasteiger partial charge in [-0.05, 0) is 47.5 Å². The summed E-state index contributed by atoms with van der Waals surface area (Å²) in [5.41, 5.74) is 3.11. The van der Waals surface area contributed by atoms with Crippen LogP contribution in [-0.4, -0.2) is 30.6 Å². The van der Waals surface area contributed by atoms with Gasteiger partial charge in [0.15, 0.2) is 3.92 Å². The summed E-state index contributed by atoms with van der Waals surface area (Å²) in [4.78, 5) is 25.9. The maximum Gasteiger partial charge on any atom is 0.267 e. The third-order valence-corrected chi connectivity index (χ3v) is 5.78. The summed E-state index contributed by atoms with van der Waals surface area (Å²) in [6.07, 6.45) is 5.13. The summed E-state index contributed by atoms with van der Waals surface area (Å²) in [5, 5.41) is 10.6. The van der Waals surface area contributed by atoms with E-state index in [2.05, 4.69) is 46.6 Å². The predicted octanol–water partition coefficient (Wildman–Crippen LogP) is 4.49. The van der Waals surface area contributed by atoms with Gasteiger partial charge in [0.2, 0.25) is 5.65 Å². The molecule has 0 radical (unpaired) electrons. The molecule has 8 nitrogen and oxygen atoms in total. The molecule has 0 aliphatic heterocycles. The van der Waals surface area contributed by atoms with Gasteiger partial charge < -0.3 is 10.6 Å². The van der Waals surface area contributed by atoms with E-state index in [-0.39, 0.29) is 11.9 Å². The van der Waals surface area contributed by atoms with Gasteiger partial charge in [0.25, 0.3) is 5.91 Å². The summed E-state index contributed by atoms with van der Waals surface area (Å²) in [6.45, 7) is 4.82. The van der Waals surface area contributed by atoms with Crippen molar-refractivity contribution < 1.29 is 4.79 Å². The molecule has 0 unspecified atom stereocenters. The fourth-order valence-electron chi connectivity index (χ4n) is 2.82. The number of hydrogen-bond acceptors (Lipinski definition) is 7. The van der Waals surface area contributed by atoms with Crippen molar-refractivity contribution in [2.24, 2.45) is 0 Å². The van der Waals surface area contributed by atoms with Gasteiger partial charge in [-0.15, -0.1) is 11.3 Å². The standard InChI is InChI=1S/C19H18BrN7OS/c1-3-27-10-14-17(26-27)25-16(9-21-14)23-11(2)12-5-4-6-13(7-12)24-18(28)15-8-22-19(20)29-15/h4-11H,3H2,1-2H3,(H,24,28)(H,23,25,26)/t11-/m0/s1. The van der Waals surface area contributed by atoms with Crippen LogP contribution >= 0.6 is 27.3 Å². The van der Waals surface area contributed by atoms with E-state index in [1.165, 1.54) is 11.3 Å². The van der Waals surface area contributed by atoms with Crippen LogP contribution in [0.4, 0.5) is 11.5 Å². The summed E-state index contributed by atoms with van der Waals surface area (Å²) in [5.74, 6) is 0.462. The van der Waals surface area contributed by atoms with E-state index >= 15 is 0 Å². The first kappa shape index (κ1) is 19.5. The van der Waals surface area contributed by atoms with E-state index in [0.29, 0.717) is 25.9 Å². The molecule has 2 N–H and O–H groups in total. The summed E-state index contributed by atoms with van der Waals surface area (Å²) >= 11 is 4.56. The maximum atomic E-state index is 12.3. The highest BCUT2D eigenvalue weighted by molar-refractivity contribution is 9.11. The van der Waals surface area contributed by atoms with Gasteiger partial charge in [0, 0.05) is 12.2 Å². The number of amides is 1. The van der Waals surface area contributed by atoms with Crippen LogP contribution in [0, 0.1) is 0 Å². The van der Waals surface area contributed by atoms with E-state index < -0.39 is 0 Å². The molecule has 4 rings (SSSR count). The number of halogens is 1. The molecule has 29 heavy (non-hydrogen) atoms. The second-order valence-electron chi connectivity index (χ2n) is 6.37. The summed E-state index contributed by atoms with van der Waals surface area (Å²) in [7, 11) is 0. The molecule has 0 saturated carbocycles. The minimum atomic E-state index is -0.186. The van der Waals surface area contributed by atoms with Crippen LogP contribution in [0.1, 0.15) is 35.1 Å². The molecular formula is C19H18BrN7OS. The predicted molar refractivity (Wildman–Crippen MR) is 117 cm³/mol. The first-order valence-electron chi connectivity index (χ1n) is 9.01. The van der Waals surface area contributed by atoms with E-state index in [1.54, 1.807) is 12.4 Å². The van der Waals surface area contributed by atoms with Gasteiger partial charge in [0.05, 0.1) is 24.6 Å². The number of carbonyl (C=O) groups excluding carboxylic acids is 1. The number of fused-ring (bicyclic) bond motifs is 1. The fourth-order valence-corrected chi connectivity index (χ4v) is 3.98. The van der Waals surface area contributed by atoms with Crippen LogP contribution in [0.5, 0.6) is 0 Å². The molecule has 0 aliphatic rings. The Bertz CT molecular complexity index is 1170. The molecule has 0 spiro atoms. The van der Waals surface area contributed by atoms with Gasteiger partial charge in [-0.25, -0.2) is 15.0 Å². The zero-order chi connectivity index (χ0) is 20.4. The van der Waals surface area contributed by atoms with Crippen molar-refractivity contribution in [3.63, 3.8) is 0 Å². The molecule has 1 aromatic carbocycles. The first-order chi connectivity index (χ1) is 14.0. The van der Waals surface area contributed by atoms with E-state index in [1.807, 2.05) is 49.0 Å². The lowest BCUT2D eigenvalue weighted by Crippen LogP contribution is -2.12. The van der Waals surface area contributed by atoms with Crippen molar-refractivity contribution in [2.45, 2.75) is 26.4 Å². The molecule has 0 saturated heterocycles. The number of nitrogens with one attached hydrogen (secondary N) is 2. The molecule has 0 aliphatic carbocycles. The maximum absolute atomic E-state index is 12.3. The Morgan fingerprint density at radius 1 is 1.31 bits per heavy atom. The van der Waals surface area contributed by atoms with Gasteiger partial charge in [-0.3, -0.25) is 9.48 Å². The molecule has 4 aromatic rings. The largest absolute Gasteiger partial charge is 0.362 e. The van der Waals surface area contributed by atoms with Crippen molar-refractivity contribution in [1.29, 1.82) is 0 Å². The molecule has 10 heteroatoms. The van der Waals surface area contributed by atoms with Gasteiger partial charge in [-0.1, -0.05) is 12.1 Å². The number of benzene rings is 1. The minimum Gasteiger partial charge on any atom is -0.362 e. The number of nitrogens with zero attached hydrogens (tertiary/aromatic N) is 5. The molecule has 3 heterocycles. The van der Waals surface area contributed by atoms with E-state index in [4.69, 9.17) is 0 Å². The van der Waals surface area contributed by atoms with Crippen molar-refractivity contribution in [3.05, 3.63) is 57.2 Å². The van der Waals surface area contributed by atoms with Crippen molar-refractivity contribution in [2.75, 3.05) is 10.6 Å². The number of thiazole rings is 1. The average Bonchev–Trinajstić information content (AvgIpc) is 3.33. The Morgan fingerprint density at radius 2 is 2.17 bits per heavy atom. The third kappa shape index (κ3) is 4.43. The molecule has 148 valence electrons. The molecule has 0 bridgehead atoms. The highest BCUT2D eigenvalue weighted by Gasteiger charge is 2.12. The zero-order valence-corrected chi connectivity index (χ0v) is 18.2. The van der Waals surface area contributed by atoms with Crippen molar-refractivity contribution >= 4 is 55.8 Å². The Labute approximate surface area is 179 Å². The van der Waals surface area contributed by atoms with Crippen LogP contribution < -0.4 is 10.6 Å². The zero-order valence-electron chi connectivity index (χ0n) is 15.8. The second kappa shape index (κ2) is 8.26. The van der Waals surface area contributed by atoms with Crippen LogP contribution in [-0.2, 0) is 6.54 Å². The van der Waals surface area contributed by atoms with Gasteiger partial charge in [-0.2, -0.15) is 5.10 Å². The van der Waals surface area contributed by atoms with Gasteiger partial charge >= 0.3 is 0 Å². The summed E-state index contributed by atoms with van der Waals surface area (Å²) in [6, 6.07) is 7.65. The van der Waals surface area contributed by atoms with Crippen molar-refractivity contribution in [1.82, 2.24) is 24.7 Å². The monoisotopic (exact) mass is 471 g/mol. The molecule has 1 atom stereocenters. The van der Waals surface area contributed by atoms with Crippen molar-refractivity contribution in [3.8, 4) is 0 Å². The number of rotatable bonds is 6. The average molecular weight is 472 g/mol. The Kier molecular flexibility index (Phi) is 5.54. The van der Waals surface area contributed by atoms with E-state index in [9.17, 15) is 4.79 Å². The lowest BCUT2D eigenvalue weighted by atomic mass is 10.1. The van der Waals surface area contributed by atoms with E-state index in [0.717, 1.165) is 17.6 Å². The Morgan fingerprint density at radius 3 is 2.93 bits per heavy atom. The normalized spacial score (nSPS) is 12.1. The molecule has 3 aromatic heterocycles. The third-order valence-electron chi connectivity index (χ3n) is 4.31. The lowest BCUT2D eigenvalue weighted by molar-refractivity contribution is 0.103. The first-order valence-corrected chi connectivity index (χ1v) is 10.6. The second-order valence-corrected chi connectivity index (χ2v) is 8.68. The number of aromatic nitrogens is 5. The fraction of sp³-hybridized carbons (Fsp3) is 0.211. The molecule has 0 fully saturated rings. The van der Waals surface area contributed by atoms with Crippen LogP contribution in [0.15, 0.2) is 46.8 Å². The highest BCUT2D eigenvalue weighted by Crippen LogP contribution is 2.23. The Balaban J connectivity index is 1.48. The number of aryl methyl sites for hydroxylation is 1. The summed E-state index contributed by atoms with van der Waals surface area (Å²) < 4.78 is 2.49. The van der Waals surface area contributed by atoms with Gasteiger partial charge in [0.1, 0.15) is 16.2 Å². The number of hydrogen-bond donors (Lipinski definition) is 2. The lowest BCUT2D eigenvalue weighted by Gasteiger charge is -2.16. The van der Waals surface area contributed by atoms with Crippen LogP contribution in [0.25, 0.3) is 11.2 Å². The number of carbonyl (C=O) groups is 1.